The Morgan fingerprint density at radius 3 is 1.68 bits per heavy atom. The fourth-order valence-corrected chi connectivity index (χ4v) is 2.28. The number of carbonyl (C=O) groups excluding carboxylic acids is 1. The molecule has 1 N–H and O–H groups in total. The normalized spacial score (nSPS) is 16.0. The second-order valence-electron chi connectivity index (χ2n) is 4.85. The summed E-state index contributed by atoms with van der Waals surface area (Å²) < 4.78 is 66.2. The van der Waals surface area contributed by atoms with Crippen molar-refractivity contribution >= 4 is 11.9 Å². The number of carboxylic acids is 1. The minimum atomic E-state index is -2.34. The summed E-state index contributed by atoms with van der Waals surface area (Å²) in [7, 11) is 0. The maximum atomic E-state index is 13.6. The lowest BCUT2D eigenvalue weighted by Crippen LogP contribution is -2.41. The van der Waals surface area contributed by atoms with Gasteiger partial charge < -0.3 is 10.0 Å². The van der Waals surface area contributed by atoms with Crippen molar-refractivity contribution < 1.29 is 36.6 Å². The van der Waals surface area contributed by atoms with E-state index in [1.165, 1.54) is 0 Å². The second kappa shape index (κ2) is 5.90. The number of hydrogen-bond acceptors (Lipinski definition) is 2. The van der Waals surface area contributed by atoms with Crippen LogP contribution in [-0.4, -0.2) is 35.0 Å². The Morgan fingerprint density at radius 2 is 1.27 bits per heavy atom. The molecule has 1 saturated heterocycles. The van der Waals surface area contributed by atoms with Gasteiger partial charge in [-0.05, 0) is 12.8 Å². The van der Waals surface area contributed by atoms with E-state index in [0.29, 0.717) is 0 Å². The Kier molecular flexibility index (Phi) is 4.34. The van der Waals surface area contributed by atoms with Crippen LogP contribution in [-0.2, 0) is 4.79 Å². The zero-order valence-corrected chi connectivity index (χ0v) is 11.0. The second-order valence-corrected chi connectivity index (χ2v) is 4.85. The third-order valence-corrected chi connectivity index (χ3v) is 3.56. The lowest BCUT2D eigenvalue weighted by atomic mass is 9.96. The van der Waals surface area contributed by atoms with Crippen LogP contribution in [0.15, 0.2) is 0 Å². The average Bonchev–Trinajstić information content (AvgIpc) is 2.51. The first kappa shape index (κ1) is 16.2. The molecule has 120 valence electrons. The molecule has 1 amide bonds. The van der Waals surface area contributed by atoms with Gasteiger partial charge in [0.1, 0.15) is 5.56 Å². The van der Waals surface area contributed by atoms with Gasteiger partial charge >= 0.3 is 5.97 Å². The standard InChI is InChI=1S/C13H10F5NO3/c14-7-6(8(15)10(17)11(18)9(7)16)12(20)19-3-1-5(2-4-19)13(21)22/h5H,1-4H2,(H,21,22). The van der Waals surface area contributed by atoms with E-state index < -0.39 is 52.4 Å². The van der Waals surface area contributed by atoms with Crippen molar-refractivity contribution in [3.05, 3.63) is 34.6 Å². The summed E-state index contributed by atoms with van der Waals surface area (Å²) in [5, 5.41) is 8.81. The summed E-state index contributed by atoms with van der Waals surface area (Å²) in [4.78, 5) is 23.6. The van der Waals surface area contributed by atoms with Crippen LogP contribution in [0.3, 0.4) is 0 Å². The van der Waals surface area contributed by atoms with Gasteiger partial charge in [0.15, 0.2) is 23.3 Å². The number of amides is 1. The molecule has 0 saturated carbocycles. The van der Waals surface area contributed by atoms with E-state index in [1.807, 2.05) is 0 Å². The van der Waals surface area contributed by atoms with Crippen molar-refractivity contribution in [1.82, 2.24) is 4.90 Å². The van der Waals surface area contributed by atoms with Crippen molar-refractivity contribution in [3.8, 4) is 0 Å². The maximum Gasteiger partial charge on any atom is 0.306 e. The topological polar surface area (TPSA) is 57.6 Å². The SMILES string of the molecule is O=C(O)C1CCN(C(=O)c2c(F)c(F)c(F)c(F)c2F)CC1. The molecule has 1 fully saturated rings. The van der Waals surface area contributed by atoms with Gasteiger partial charge in [-0.15, -0.1) is 0 Å². The third kappa shape index (κ3) is 2.62. The highest BCUT2D eigenvalue weighted by molar-refractivity contribution is 5.95. The number of carbonyl (C=O) groups is 2. The van der Waals surface area contributed by atoms with Crippen LogP contribution >= 0.6 is 0 Å². The monoisotopic (exact) mass is 323 g/mol. The van der Waals surface area contributed by atoms with E-state index in [2.05, 4.69) is 0 Å². The highest BCUT2D eigenvalue weighted by Gasteiger charge is 2.34. The summed E-state index contributed by atoms with van der Waals surface area (Å²) in [5.74, 6) is -14.2. The fourth-order valence-electron chi connectivity index (χ4n) is 2.28. The molecule has 0 aliphatic carbocycles. The number of aliphatic carboxylic acids is 1. The molecule has 0 unspecified atom stereocenters. The number of benzene rings is 1. The highest BCUT2D eigenvalue weighted by atomic mass is 19.2. The van der Waals surface area contributed by atoms with Gasteiger partial charge in [-0.3, -0.25) is 9.59 Å². The molecule has 0 aromatic heterocycles. The molecule has 9 heteroatoms. The van der Waals surface area contributed by atoms with E-state index in [-0.39, 0.29) is 25.9 Å². The minimum absolute atomic E-state index is 0.0382. The number of piperidine rings is 1. The van der Waals surface area contributed by atoms with Crippen LogP contribution in [0, 0.1) is 35.0 Å². The highest BCUT2D eigenvalue weighted by Crippen LogP contribution is 2.26. The van der Waals surface area contributed by atoms with E-state index in [9.17, 15) is 31.5 Å². The predicted molar refractivity (Wildman–Crippen MR) is 62.5 cm³/mol. The Morgan fingerprint density at radius 1 is 0.864 bits per heavy atom. The molecule has 1 aromatic rings. The van der Waals surface area contributed by atoms with Crippen LogP contribution in [0.5, 0.6) is 0 Å². The lowest BCUT2D eigenvalue weighted by Gasteiger charge is -2.30. The molecule has 1 aliphatic rings. The van der Waals surface area contributed by atoms with E-state index in [1.54, 1.807) is 0 Å². The summed E-state index contributed by atoms with van der Waals surface area (Å²) in [6.07, 6.45) is 0.0763. The molecular formula is C13H10F5NO3. The Balaban J connectivity index is 2.30. The Bertz CT molecular complexity index is 612. The first-order valence-corrected chi connectivity index (χ1v) is 6.29. The first-order chi connectivity index (χ1) is 10.3. The van der Waals surface area contributed by atoms with Gasteiger partial charge in [-0.2, -0.15) is 0 Å². The third-order valence-electron chi connectivity index (χ3n) is 3.56. The number of carboxylic acid groups (broad SMARTS) is 1. The summed E-state index contributed by atoms with van der Waals surface area (Å²) in [6.45, 7) is -0.287. The van der Waals surface area contributed by atoms with Gasteiger partial charge in [-0.25, -0.2) is 22.0 Å². The maximum absolute atomic E-state index is 13.6. The van der Waals surface area contributed by atoms with Crippen molar-refractivity contribution in [1.29, 1.82) is 0 Å². The van der Waals surface area contributed by atoms with Crippen LogP contribution in [0.1, 0.15) is 23.2 Å². The van der Waals surface area contributed by atoms with Crippen molar-refractivity contribution in [2.75, 3.05) is 13.1 Å². The van der Waals surface area contributed by atoms with Crippen LogP contribution in [0.4, 0.5) is 22.0 Å². The summed E-state index contributed by atoms with van der Waals surface area (Å²) in [5.41, 5.74) is -1.52. The molecule has 4 nitrogen and oxygen atoms in total. The fraction of sp³-hybridized carbons (Fsp3) is 0.385. The number of nitrogens with zero attached hydrogens (tertiary/aromatic N) is 1. The number of likely N-dealkylation sites (tertiary alicyclic amines) is 1. The molecule has 0 bridgehead atoms. The molecule has 1 heterocycles. The number of rotatable bonds is 2. The molecular weight excluding hydrogens is 313 g/mol. The van der Waals surface area contributed by atoms with Crippen LogP contribution < -0.4 is 0 Å². The van der Waals surface area contributed by atoms with Crippen molar-refractivity contribution in [3.63, 3.8) is 0 Å². The molecule has 0 spiro atoms. The molecule has 1 aromatic carbocycles. The van der Waals surface area contributed by atoms with E-state index in [4.69, 9.17) is 5.11 Å². The zero-order chi connectivity index (χ0) is 16.6. The van der Waals surface area contributed by atoms with Crippen molar-refractivity contribution in [2.45, 2.75) is 12.8 Å². The number of hydrogen-bond donors (Lipinski definition) is 1. The zero-order valence-electron chi connectivity index (χ0n) is 11.0. The quantitative estimate of drug-likeness (QED) is 0.516. The average molecular weight is 323 g/mol. The van der Waals surface area contributed by atoms with Gasteiger partial charge in [0, 0.05) is 13.1 Å². The largest absolute Gasteiger partial charge is 0.481 e. The van der Waals surface area contributed by atoms with Gasteiger partial charge in [0.2, 0.25) is 5.82 Å². The summed E-state index contributed by atoms with van der Waals surface area (Å²) in [6, 6.07) is 0. The molecule has 22 heavy (non-hydrogen) atoms. The van der Waals surface area contributed by atoms with Gasteiger partial charge in [-0.1, -0.05) is 0 Å². The molecule has 0 radical (unpaired) electrons. The first-order valence-electron chi connectivity index (χ1n) is 6.29. The summed E-state index contributed by atoms with van der Waals surface area (Å²) >= 11 is 0. The lowest BCUT2D eigenvalue weighted by molar-refractivity contribution is -0.143. The minimum Gasteiger partial charge on any atom is -0.481 e. The smallest absolute Gasteiger partial charge is 0.306 e. The molecule has 2 rings (SSSR count). The predicted octanol–water partition coefficient (Wildman–Crippen LogP) is 2.32. The van der Waals surface area contributed by atoms with Gasteiger partial charge in [0.25, 0.3) is 5.91 Å². The van der Waals surface area contributed by atoms with Crippen molar-refractivity contribution in [2.24, 2.45) is 5.92 Å². The van der Waals surface area contributed by atoms with E-state index in [0.717, 1.165) is 4.90 Å². The number of halogens is 5. The molecule has 1 aliphatic heterocycles. The van der Waals surface area contributed by atoms with Crippen LogP contribution in [0.25, 0.3) is 0 Å². The van der Waals surface area contributed by atoms with E-state index >= 15 is 0 Å². The Hall–Kier alpha value is -2.19. The van der Waals surface area contributed by atoms with Crippen LogP contribution in [0.2, 0.25) is 0 Å². The Labute approximate surface area is 121 Å². The molecule has 0 atom stereocenters. The van der Waals surface area contributed by atoms with Gasteiger partial charge in [0.05, 0.1) is 5.92 Å².